The zero-order valence-electron chi connectivity index (χ0n) is 15.2. The molecule has 1 aromatic carbocycles. The summed E-state index contributed by atoms with van der Waals surface area (Å²) >= 11 is 0. The lowest BCUT2D eigenvalue weighted by atomic mass is 9.99. The Balaban J connectivity index is 0.00000210. The zero-order chi connectivity index (χ0) is 18.1. The Morgan fingerprint density at radius 2 is 1.85 bits per heavy atom. The van der Waals surface area contributed by atoms with Gasteiger partial charge in [0.25, 0.3) is 11.8 Å². The van der Waals surface area contributed by atoms with Gasteiger partial charge in [0.1, 0.15) is 0 Å². The standard InChI is InChI=1S/C20H23N3O3.ClH/c1-12-4-5-13(9-17(12)23-20(25)18-3-2-8-26-18)19(24)22-16-10-14-6-7-15(11-16)21-14;/h2-5,8-9,14-16,21H,6-7,10-11H2,1H3,(H,22,24)(H,23,25);1H. The van der Waals surface area contributed by atoms with Crippen LogP contribution >= 0.6 is 12.4 Å². The Bertz CT molecular complexity index is 810. The molecule has 1 aromatic heterocycles. The molecule has 0 radical (unpaired) electrons. The molecule has 2 bridgehead atoms. The van der Waals surface area contributed by atoms with Crippen molar-refractivity contribution in [3.63, 3.8) is 0 Å². The molecule has 7 heteroatoms. The largest absolute Gasteiger partial charge is 0.459 e. The number of fused-ring (bicyclic) bond motifs is 2. The van der Waals surface area contributed by atoms with Gasteiger partial charge in [-0.3, -0.25) is 9.59 Å². The van der Waals surface area contributed by atoms with E-state index in [4.69, 9.17) is 4.42 Å². The molecule has 6 nitrogen and oxygen atoms in total. The summed E-state index contributed by atoms with van der Waals surface area (Å²) in [4.78, 5) is 24.9. The molecule has 3 N–H and O–H groups in total. The van der Waals surface area contributed by atoms with Crippen LogP contribution in [0.4, 0.5) is 5.69 Å². The molecule has 144 valence electrons. The van der Waals surface area contributed by atoms with Crippen molar-refractivity contribution in [3.8, 4) is 0 Å². The number of nitrogens with one attached hydrogen (secondary N) is 3. The van der Waals surface area contributed by atoms with Crippen LogP contribution in [0.3, 0.4) is 0 Å². The van der Waals surface area contributed by atoms with Crippen LogP contribution in [0, 0.1) is 6.92 Å². The fraction of sp³-hybridized carbons (Fsp3) is 0.400. The van der Waals surface area contributed by atoms with Crippen molar-refractivity contribution in [1.29, 1.82) is 0 Å². The lowest BCUT2D eigenvalue weighted by Gasteiger charge is -2.29. The summed E-state index contributed by atoms with van der Waals surface area (Å²) in [7, 11) is 0. The summed E-state index contributed by atoms with van der Waals surface area (Å²) in [5, 5.41) is 9.54. The van der Waals surface area contributed by atoms with Gasteiger partial charge < -0.3 is 20.4 Å². The van der Waals surface area contributed by atoms with Crippen molar-refractivity contribution in [2.24, 2.45) is 0 Å². The molecule has 2 saturated heterocycles. The second-order valence-corrected chi connectivity index (χ2v) is 7.24. The summed E-state index contributed by atoms with van der Waals surface area (Å²) < 4.78 is 5.11. The van der Waals surface area contributed by atoms with Crippen molar-refractivity contribution in [3.05, 3.63) is 53.5 Å². The Hall–Kier alpha value is -2.31. The van der Waals surface area contributed by atoms with Crippen LogP contribution in [0.2, 0.25) is 0 Å². The first kappa shape index (κ1) is 19.5. The second-order valence-electron chi connectivity index (χ2n) is 7.24. The number of hydrogen-bond donors (Lipinski definition) is 3. The number of amides is 2. The highest BCUT2D eigenvalue weighted by Gasteiger charge is 2.34. The lowest BCUT2D eigenvalue weighted by Crippen LogP contribution is -2.48. The number of hydrogen-bond acceptors (Lipinski definition) is 4. The van der Waals surface area contributed by atoms with Gasteiger partial charge in [-0.05, 0) is 62.4 Å². The number of aryl methyl sites for hydroxylation is 1. The quantitative estimate of drug-likeness (QED) is 0.749. The predicted molar refractivity (Wildman–Crippen MR) is 106 cm³/mol. The summed E-state index contributed by atoms with van der Waals surface area (Å²) in [6.07, 6.45) is 5.82. The first-order valence-electron chi connectivity index (χ1n) is 9.11. The van der Waals surface area contributed by atoms with Gasteiger partial charge in [0.2, 0.25) is 0 Å². The van der Waals surface area contributed by atoms with Gasteiger partial charge in [0.15, 0.2) is 5.76 Å². The predicted octanol–water partition coefficient (Wildman–Crippen LogP) is 3.27. The van der Waals surface area contributed by atoms with Gasteiger partial charge in [0.05, 0.1) is 6.26 Å². The van der Waals surface area contributed by atoms with Gasteiger partial charge in [-0.2, -0.15) is 0 Å². The van der Waals surface area contributed by atoms with Gasteiger partial charge in [0, 0.05) is 29.4 Å². The van der Waals surface area contributed by atoms with E-state index in [1.807, 2.05) is 13.0 Å². The third kappa shape index (κ3) is 4.34. The van der Waals surface area contributed by atoms with E-state index in [1.165, 1.54) is 19.1 Å². The minimum absolute atomic E-state index is 0. The fourth-order valence-corrected chi connectivity index (χ4v) is 3.93. The monoisotopic (exact) mass is 389 g/mol. The molecule has 0 saturated carbocycles. The topological polar surface area (TPSA) is 83.4 Å². The second kappa shape index (κ2) is 8.15. The molecule has 2 amide bonds. The Kier molecular flexibility index (Phi) is 5.87. The third-order valence-electron chi connectivity index (χ3n) is 5.30. The minimum atomic E-state index is -0.328. The van der Waals surface area contributed by atoms with E-state index >= 15 is 0 Å². The SMILES string of the molecule is Cc1ccc(C(=O)NC2CC3CCC(C2)N3)cc1NC(=O)c1ccco1.Cl. The molecule has 2 atom stereocenters. The average Bonchev–Trinajstić information content (AvgIpc) is 3.26. The van der Waals surface area contributed by atoms with Crippen molar-refractivity contribution >= 4 is 29.9 Å². The van der Waals surface area contributed by atoms with Crippen LogP contribution in [0.25, 0.3) is 0 Å². The maximum absolute atomic E-state index is 12.7. The van der Waals surface area contributed by atoms with Crippen molar-refractivity contribution < 1.29 is 14.0 Å². The Morgan fingerprint density at radius 1 is 1.11 bits per heavy atom. The van der Waals surface area contributed by atoms with Crippen molar-refractivity contribution in [1.82, 2.24) is 10.6 Å². The van der Waals surface area contributed by atoms with E-state index in [0.29, 0.717) is 23.3 Å². The minimum Gasteiger partial charge on any atom is -0.459 e. The van der Waals surface area contributed by atoms with Crippen LogP contribution in [-0.2, 0) is 0 Å². The van der Waals surface area contributed by atoms with E-state index in [1.54, 1.807) is 24.3 Å². The Labute approximate surface area is 164 Å². The number of carbonyl (C=O) groups excluding carboxylic acids is 2. The molecule has 4 rings (SSSR count). The highest BCUT2D eigenvalue weighted by atomic mass is 35.5. The molecule has 0 aliphatic carbocycles. The number of benzene rings is 1. The van der Waals surface area contributed by atoms with Gasteiger partial charge in [-0.15, -0.1) is 12.4 Å². The molecule has 0 spiro atoms. The van der Waals surface area contributed by atoms with Crippen LogP contribution in [0.5, 0.6) is 0 Å². The summed E-state index contributed by atoms with van der Waals surface area (Å²) in [6, 6.07) is 9.90. The van der Waals surface area contributed by atoms with Crippen molar-refractivity contribution in [2.45, 2.75) is 50.7 Å². The van der Waals surface area contributed by atoms with Gasteiger partial charge in [-0.1, -0.05) is 6.07 Å². The molecule has 2 aliphatic rings. The third-order valence-corrected chi connectivity index (χ3v) is 5.30. The maximum atomic E-state index is 12.7. The van der Waals surface area contributed by atoms with Crippen LogP contribution < -0.4 is 16.0 Å². The Morgan fingerprint density at radius 3 is 2.52 bits per heavy atom. The molecule has 2 fully saturated rings. The van der Waals surface area contributed by atoms with E-state index in [9.17, 15) is 9.59 Å². The molecule has 2 aliphatic heterocycles. The molecule has 2 aromatic rings. The van der Waals surface area contributed by atoms with Crippen LogP contribution in [-0.4, -0.2) is 29.9 Å². The van der Waals surface area contributed by atoms with Gasteiger partial charge in [-0.25, -0.2) is 0 Å². The van der Waals surface area contributed by atoms with Crippen LogP contribution in [0.15, 0.2) is 41.0 Å². The number of rotatable bonds is 4. The smallest absolute Gasteiger partial charge is 0.291 e. The summed E-state index contributed by atoms with van der Waals surface area (Å²) in [5.74, 6) is -0.181. The number of anilines is 1. The van der Waals surface area contributed by atoms with Gasteiger partial charge >= 0.3 is 0 Å². The van der Waals surface area contributed by atoms with E-state index in [2.05, 4.69) is 16.0 Å². The van der Waals surface area contributed by atoms with Crippen LogP contribution in [0.1, 0.15) is 52.2 Å². The summed E-state index contributed by atoms with van der Waals surface area (Å²) in [6.45, 7) is 1.89. The normalized spacial score (nSPS) is 23.4. The lowest BCUT2D eigenvalue weighted by molar-refractivity contribution is 0.0922. The first-order valence-corrected chi connectivity index (χ1v) is 9.11. The highest BCUT2D eigenvalue weighted by Crippen LogP contribution is 2.27. The van der Waals surface area contributed by atoms with E-state index in [0.717, 1.165) is 18.4 Å². The highest BCUT2D eigenvalue weighted by molar-refractivity contribution is 6.04. The van der Waals surface area contributed by atoms with Crippen molar-refractivity contribution in [2.75, 3.05) is 5.32 Å². The molecule has 2 unspecified atom stereocenters. The molecular formula is C20H24ClN3O3. The van der Waals surface area contributed by atoms with E-state index in [-0.39, 0.29) is 36.0 Å². The number of furan rings is 1. The average molecular weight is 390 g/mol. The summed E-state index contributed by atoms with van der Waals surface area (Å²) in [5.41, 5.74) is 2.06. The number of carbonyl (C=O) groups is 2. The fourth-order valence-electron chi connectivity index (χ4n) is 3.93. The number of piperidine rings is 1. The first-order chi connectivity index (χ1) is 12.6. The molecular weight excluding hydrogens is 366 g/mol. The van der Waals surface area contributed by atoms with E-state index < -0.39 is 0 Å². The molecule has 27 heavy (non-hydrogen) atoms. The maximum Gasteiger partial charge on any atom is 0.291 e. The zero-order valence-corrected chi connectivity index (χ0v) is 16.0. The number of halogens is 1. The molecule has 3 heterocycles.